The van der Waals surface area contributed by atoms with Crippen molar-refractivity contribution in [1.82, 2.24) is 16.0 Å². The van der Waals surface area contributed by atoms with Gasteiger partial charge in [0, 0.05) is 36.8 Å². The molecule has 176 valence electrons. The first-order valence-corrected chi connectivity index (χ1v) is 10.6. The average molecular weight is 553 g/mol. The SMILES string of the molecule is CN=C(NCc1cccc(C(=O)NC(C)(C)C)c1)NCc1ccccc1OC(C)(C)C.I. The Morgan fingerprint density at radius 3 is 2.22 bits per heavy atom. The van der Waals surface area contributed by atoms with Crippen molar-refractivity contribution >= 4 is 35.8 Å². The van der Waals surface area contributed by atoms with Crippen molar-refractivity contribution in [2.75, 3.05) is 7.05 Å². The van der Waals surface area contributed by atoms with E-state index in [2.05, 4.69) is 20.9 Å². The number of rotatable bonds is 6. The maximum Gasteiger partial charge on any atom is 0.251 e. The normalized spacial score (nSPS) is 11.9. The van der Waals surface area contributed by atoms with E-state index in [1.165, 1.54) is 0 Å². The van der Waals surface area contributed by atoms with Gasteiger partial charge in [0.05, 0.1) is 0 Å². The third-order valence-electron chi connectivity index (χ3n) is 4.20. The van der Waals surface area contributed by atoms with Crippen LogP contribution in [0.4, 0.5) is 0 Å². The van der Waals surface area contributed by atoms with E-state index in [1.54, 1.807) is 7.05 Å². The molecule has 0 aliphatic heterocycles. The molecule has 0 fully saturated rings. The number of carbonyl (C=O) groups excluding carboxylic acids is 1. The predicted molar refractivity (Wildman–Crippen MR) is 143 cm³/mol. The number of aliphatic imine (C=N–C) groups is 1. The van der Waals surface area contributed by atoms with E-state index < -0.39 is 0 Å². The Bertz CT molecular complexity index is 915. The number of amides is 1. The molecule has 2 rings (SSSR count). The number of nitrogens with one attached hydrogen (secondary N) is 3. The van der Waals surface area contributed by atoms with Gasteiger partial charge in [-0.2, -0.15) is 0 Å². The largest absolute Gasteiger partial charge is 0.488 e. The van der Waals surface area contributed by atoms with E-state index >= 15 is 0 Å². The molecule has 2 aromatic rings. The molecule has 0 saturated heterocycles. The number of halogens is 1. The van der Waals surface area contributed by atoms with Crippen LogP contribution in [0.1, 0.15) is 63.0 Å². The van der Waals surface area contributed by atoms with Crippen molar-refractivity contribution in [2.45, 2.75) is 65.8 Å². The Morgan fingerprint density at radius 1 is 0.938 bits per heavy atom. The van der Waals surface area contributed by atoms with Crippen molar-refractivity contribution in [3.63, 3.8) is 0 Å². The summed E-state index contributed by atoms with van der Waals surface area (Å²) >= 11 is 0. The van der Waals surface area contributed by atoms with E-state index in [9.17, 15) is 4.79 Å². The Kier molecular flexibility index (Phi) is 10.5. The number of guanidine groups is 1. The lowest BCUT2D eigenvalue weighted by Gasteiger charge is -2.23. The maximum atomic E-state index is 12.4. The second-order valence-corrected chi connectivity index (χ2v) is 9.51. The molecule has 0 bridgehead atoms. The zero-order valence-corrected chi connectivity index (χ0v) is 22.5. The van der Waals surface area contributed by atoms with Gasteiger partial charge < -0.3 is 20.7 Å². The van der Waals surface area contributed by atoms with Crippen LogP contribution in [0.5, 0.6) is 5.75 Å². The van der Waals surface area contributed by atoms with Gasteiger partial charge in [0.25, 0.3) is 5.91 Å². The summed E-state index contributed by atoms with van der Waals surface area (Å²) in [7, 11) is 1.74. The summed E-state index contributed by atoms with van der Waals surface area (Å²) in [5.74, 6) is 1.46. The highest BCUT2D eigenvalue weighted by Gasteiger charge is 2.16. The molecule has 0 atom stereocenters. The van der Waals surface area contributed by atoms with Crippen molar-refractivity contribution < 1.29 is 9.53 Å². The van der Waals surface area contributed by atoms with E-state index in [0.29, 0.717) is 24.6 Å². The van der Waals surface area contributed by atoms with Crippen LogP contribution < -0.4 is 20.7 Å². The molecule has 0 aliphatic carbocycles. The molecule has 0 heterocycles. The molecule has 32 heavy (non-hydrogen) atoms. The van der Waals surface area contributed by atoms with Crippen molar-refractivity contribution in [3.05, 3.63) is 65.2 Å². The van der Waals surface area contributed by atoms with Crippen molar-refractivity contribution in [3.8, 4) is 5.75 Å². The van der Waals surface area contributed by atoms with Gasteiger partial charge in [-0.25, -0.2) is 0 Å². The highest BCUT2D eigenvalue weighted by molar-refractivity contribution is 14.0. The monoisotopic (exact) mass is 552 g/mol. The first-order chi connectivity index (χ1) is 14.5. The fourth-order valence-corrected chi connectivity index (χ4v) is 2.90. The van der Waals surface area contributed by atoms with Crippen LogP contribution in [0.15, 0.2) is 53.5 Å². The lowest BCUT2D eigenvalue weighted by molar-refractivity contribution is 0.0919. The summed E-state index contributed by atoms with van der Waals surface area (Å²) in [6.45, 7) is 13.1. The fourth-order valence-electron chi connectivity index (χ4n) is 2.90. The third kappa shape index (κ3) is 9.89. The molecule has 1 amide bonds. The zero-order valence-electron chi connectivity index (χ0n) is 20.2. The van der Waals surface area contributed by atoms with E-state index in [4.69, 9.17) is 4.74 Å². The number of benzene rings is 2. The topological polar surface area (TPSA) is 74.8 Å². The molecule has 6 nitrogen and oxygen atoms in total. The zero-order chi connectivity index (χ0) is 23.1. The van der Waals surface area contributed by atoms with E-state index in [1.807, 2.05) is 90.1 Å². The number of hydrogen-bond acceptors (Lipinski definition) is 3. The average Bonchev–Trinajstić information content (AvgIpc) is 2.67. The van der Waals surface area contributed by atoms with Gasteiger partial charge in [-0.05, 0) is 65.3 Å². The van der Waals surface area contributed by atoms with Gasteiger partial charge >= 0.3 is 0 Å². The number of para-hydroxylation sites is 1. The summed E-state index contributed by atoms with van der Waals surface area (Å²) < 4.78 is 6.06. The minimum Gasteiger partial charge on any atom is -0.488 e. The molecule has 0 spiro atoms. The van der Waals surface area contributed by atoms with Gasteiger partial charge in [0.2, 0.25) is 0 Å². The van der Waals surface area contributed by atoms with Crippen molar-refractivity contribution in [1.29, 1.82) is 0 Å². The van der Waals surface area contributed by atoms with Gasteiger partial charge in [-0.15, -0.1) is 24.0 Å². The molecule has 0 unspecified atom stereocenters. The van der Waals surface area contributed by atoms with E-state index in [0.717, 1.165) is 16.9 Å². The molecule has 3 N–H and O–H groups in total. The molecule has 2 aromatic carbocycles. The quantitative estimate of drug-likeness (QED) is 0.272. The van der Waals surface area contributed by atoms with Crippen LogP contribution in [0.2, 0.25) is 0 Å². The van der Waals surface area contributed by atoms with Crippen LogP contribution >= 0.6 is 24.0 Å². The van der Waals surface area contributed by atoms with Crippen LogP contribution in [0, 0.1) is 0 Å². The lowest BCUT2D eigenvalue weighted by atomic mass is 10.1. The van der Waals surface area contributed by atoms with E-state index in [-0.39, 0.29) is 41.0 Å². The van der Waals surface area contributed by atoms with Gasteiger partial charge in [-0.1, -0.05) is 30.3 Å². The minimum atomic E-state index is -0.274. The smallest absolute Gasteiger partial charge is 0.251 e. The maximum absolute atomic E-state index is 12.4. The fraction of sp³-hybridized carbons (Fsp3) is 0.440. The standard InChI is InChI=1S/C25H36N4O2.HI/c1-24(2,3)29-22(30)19-13-10-11-18(15-19)16-27-23(26-7)28-17-20-12-8-9-14-21(20)31-25(4,5)6;/h8-15H,16-17H2,1-7H3,(H,29,30)(H2,26,27,28);1H. The van der Waals surface area contributed by atoms with Gasteiger partial charge in [-0.3, -0.25) is 9.79 Å². The number of hydrogen-bond donors (Lipinski definition) is 3. The Hall–Kier alpha value is -2.29. The third-order valence-corrected chi connectivity index (χ3v) is 4.20. The lowest BCUT2D eigenvalue weighted by Crippen LogP contribution is -2.40. The molecular formula is C25H37IN4O2. The summed E-state index contributed by atoms with van der Waals surface area (Å²) in [6.07, 6.45) is 0. The summed E-state index contributed by atoms with van der Waals surface area (Å²) in [5.41, 5.74) is 2.16. The highest BCUT2D eigenvalue weighted by Crippen LogP contribution is 2.22. The van der Waals surface area contributed by atoms with Crippen LogP contribution in [-0.2, 0) is 13.1 Å². The number of carbonyl (C=O) groups is 1. The first kappa shape index (κ1) is 27.7. The van der Waals surface area contributed by atoms with Crippen LogP contribution in [0.25, 0.3) is 0 Å². The Balaban J connectivity index is 0.00000512. The molecule has 0 saturated carbocycles. The summed E-state index contributed by atoms with van der Waals surface area (Å²) in [6, 6.07) is 15.6. The van der Waals surface area contributed by atoms with Crippen molar-refractivity contribution in [2.24, 2.45) is 4.99 Å². The highest BCUT2D eigenvalue weighted by atomic mass is 127. The molecule has 0 aliphatic rings. The molecule has 0 aromatic heterocycles. The van der Waals surface area contributed by atoms with Crippen LogP contribution in [0.3, 0.4) is 0 Å². The second-order valence-electron chi connectivity index (χ2n) is 9.51. The summed E-state index contributed by atoms with van der Waals surface area (Å²) in [4.78, 5) is 16.7. The second kappa shape index (κ2) is 12.1. The molecule has 0 radical (unpaired) electrons. The molecular weight excluding hydrogens is 515 g/mol. The summed E-state index contributed by atoms with van der Waals surface area (Å²) in [5, 5.41) is 9.63. The van der Waals surface area contributed by atoms with Gasteiger partial charge in [0.1, 0.15) is 11.4 Å². The Morgan fingerprint density at radius 2 is 1.59 bits per heavy atom. The minimum absolute atomic E-state index is 0. The number of ether oxygens (including phenoxy) is 1. The predicted octanol–water partition coefficient (Wildman–Crippen LogP) is 4.88. The number of nitrogens with zero attached hydrogens (tertiary/aromatic N) is 1. The van der Waals surface area contributed by atoms with Crippen LogP contribution in [-0.4, -0.2) is 30.1 Å². The molecule has 7 heteroatoms. The van der Waals surface area contributed by atoms with Gasteiger partial charge in [0.15, 0.2) is 5.96 Å². The first-order valence-electron chi connectivity index (χ1n) is 10.6. The Labute approximate surface area is 209 Å².